The van der Waals surface area contributed by atoms with Crippen molar-refractivity contribution in [3.05, 3.63) is 23.4 Å². The van der Waals surface area contributed by atoms with E-state index in [2.05, 4.69) is 4.98 Å². The molecule has 0 bridgehead atoms. The number of thiocarbonyl (C=S) groups is 1. The number of aromatic nitrogens is 1. The molecule has 7 heteroatoms. The molecule has 2 N–H and O–H groups in total. The van der Waals surface area contributed by atoms with Crippen LogP contribution in [-0.4, -0.2) is 49.9 Å². The lowest BCUT2D eigenvalue weighted by atomic mass is 10.2. The van der Waals surface area contributed by atoms with E-state index in [9.17, 15) is 4.79 Å². The Kier molecular flexibility index (Phi) is 7.04. The smallest absolute Gasteiger partial charge is 0.339 e. The van der Waals surface area contributed by atoms with Gasteiger partial charge in [-0.1, -0.05) is 12.2 Å². The number of rotatable bonds is 8. The summed E-state index contributed by atoms with van der Waals surface area (Å²) in [6, 6.07) is 3.50. The fraction of sp³-hybridized carbons (Fsp3) is 0.500. The highest BCUT2D eigenvalue weighted by Crippen LogP contribution is 2.16. The van der Waals surface area contributed by atoms with E-state index >= 15 is 0 Å². The second-order valence-electron chi connectivity index (χ2n) is 4.49. The van der Waals surface area contributed by atoms with Crippen molar-refractivity contribution in [3.63, 3.8) is 0 Å². The van der Waals surface area contributed by atoms with Gasteiger partial charge >= 0.3 is 5.97 Å². The third-order valence-corrected chi connectivity index (χ3v) is 3.20. The number of anilines is 1. The maximum absolute atomic E-state index is 11.6. The third kappa shape index (κ3) is 5.28. The summed E-state index contributed by atoms with van der Waals surface area (Å²) in [7, 11) is 2.99. The van der Waals surface area contributed by atoms with Crippen molar-refractivity contribution >= 4 is 29.0 Å². The molecule has 0 radical (unpaired) electrons. The van der Waals surface area contributed by atoms with Crippen molar-refractivity contribution in [3.8, 4) is 0 Å². The van der Waals surface area contributed by atoms with E-state index in [1.54, 1.807) is 26.2 Å². The minimum absolute atomic E-state index is 0.391. The van der Waals surface area contributed by atoms with Crippen molar-refractivity contribution in [1.29, 1.82) is 0 Å². The zero-order valence-corrected chi connectivity index (χ0v) is 13.4. The first-order valence-electron chi connectivity index (χ1n) is 6.57. The van der Waals surface area contributed by atoms with Crippen LogP contribution < -0.4 is 10.6 Å². The van der Waals surface area contributed by atoms with Gasteiger partial charge in [0.2, 0.25) is 0 Å². The Morgan fingerprint density at radius 1 is 1.38 bits per heavy atom. The normalized spacial score (nSPS) is 10.2. The fourth-order valence-corrected chi connectivity index (χ4v) is 1.93. The predicted octanol–water partition coefficient (Wildman–Crippen LogP) is 1.31. The molecular weight excluding hydrogens is 290 g/mol. The quantitative estimate of drug-likeness (QED) is 0.573. The molecule has 0 fully saturated rings. The van der Waals surface area contributed by atoms with E-state index in [-0.39, 0.29) is 0 Å². The van der Waals surface area contributed by atoms with Crippen molar-refractivity contribution in [2.45, 2.75) is 13.3 Å². The molecule has 0 aromatic carbocycles. The molecule has 0 saturated carbocycles. The van der Waals surface area contributed by atoms with Crippen LogP contribution >= 0.6 is 12.2 Å². The van der Waals surface area contributed by atoms with Crippen LogP contribution in [0.15, 0.2) is 12.1 Å². The van der Waals surface area contributed by atoms with Gasteiger partial charge in [-0.25, -0.2) is 9.78 Å². The summed E-state index contributed by atoms with van der Waals surface area (Å²) < 4.78 is 9.82. The Labute approximate surface area is 130 Å². The van der Waals surface area contributed by atoms with Gasteiger partial charge in [0.1, 0.15) is 5.82 Å². The highest BCUT2D eigenvalue weighted by atomic mass is 32.1. The largest absolute Gasteiger partial charge is 0.465 e. The molecule has 0 aliphatic heterocycles. The topological polar surface area (TPSA) is 77.7 Å². The highest BCUT2D eigenvalue weighted by molar-refractivity contribution is 7.80. The zero-order valence-electron chi connectivity index (χ0n) is 12.6. The lowest BCUT2D eigenvalue weighted by Gasteiger charge is -2.24. The molecule has 1 heterocycles. The molecule has 0 unspecified atom stereocenters. The number of carbonyl (C=O) groups is 1. The first-order valence-corrected chi connectivity index (χ1v) is 6.98. The Morgan fingerprint density at radius 2 is 2.10 bits per heavy atom. The molecular formula is C14H21N3O3S. The number of nitrogens with two attached hydrogens (primary N) is 1. The van der Waals surface area contributed by atoms with Crippen LogP contribution in [0.5, 0.6) is 0 Å². The number of ether oxygens (including phenoxy) is 2. The molecule has 116 valence electrons. The molecule has 1 aromatic rings. The van der Waals surface area contributed by atoms with Crippen molar-refractivity contribution in [1.82, 2.24) is 4.98 Å². The van der Waals surface area contributed by atoms with Gasteiger partial charge in [0, 0.05) is 26.6 Å². The monoisotopic (exact) mass is 311 g/mol. The fourth-order valence-electron chi connectivity index (χ4n) is 1.84. The zero-order chi connectivity index (χ0) is 15.8. The summed E-state index contributed by atoms with van der Waals surface area (Å²) in [5.74, 6) is 0.367. The maximum Gasteiger partial charge on any atom is 0.339 e. The van der Waals surface area contributed by atoms with Gasteiger partial charge in [0.25, 0.3) is 0 Å². The van der Waals surface area contributed by atoms with Crippen molar-refractivity contribution in [2.75, 3.05) is 38.8 Å². The lowest BCUT2D eigenvalue weighted by molar-refractivity contribution is 0.0599. The van der Waals surface area contributed by atoms with Crippen molar-refractivity contribution < 1.29 is 14.3 Å². The standard InChI is InChI=1S/C14H21N3O3S/c1-10-11(14(18)20-3)4-5-13(16-10)17(8-9-19-2)7-6-12(15)21/h4-5H,6-9H2,1-3H3,(H2,15,21). The Bertz CT molecular complexity index is 508. The third-order valence-electron chi connectivity index (χ3n) is 2.99. The molecule has 0 spiro atoms. The van der Waals surface area contributed by atoms with E-state index < -0.39 is 5.97 Å². The van der Waals surface area contributed by atoms with E-state index in [0.717, 1.165) is 5.82 Å². The molecule has 6 nitrogen and oxygen atoms in total. The SMILES string of the molecule is COCCN(CCC(N)=S)c1ccc(C(=O)OC)c(C)n1. The van der Waals surface area contributed by atoms with Gasteiger partial charge in [-0.2, -0.15) is 0 Å². The molecule has 0 atom stereocenters. The second kappa shape index (κ2) is 8.53. The van der Waals surface area contributed by atoms with Crippen LogP contribution in [0.2, 0.25) is 0 Å². The van der Waals surface area contributed by atoms with Gasteiger partial charge in [-0.15, -0.1) is 0 Å². The number of methoxy groups -OCH3 is 2. The maximum atomic E-state index is 11.6. The molecule has 1 rings (SSSR count). The Morgan fingerprint density at radius 3 is 2.62 bits per heavy atom. The number of esters is 1. The van der Waals surface area contributed by atoms with Crippen LogP contribution in [0.3, 0.4) is 0 Å². The van der Waals surface area contributed by atoms with Crippen LogP contribution in [0, 0.1) is 6.92 Å². The van der Waals surface area contributed by atoms with Gasteiger partial charge in [0.05, 0.1) is 30.0 Å². The molecule has 0 amide bonds. The van der Waals surface area contributed by atoms with Gasteiger partial charge in [0.15, 0.2) is 0 Å². The average molecular weight is 311 g/mol. The van der Waals surface area contributed by atoms with E-state index in [1.807, 2.05) is 4.90 Å². The van der Waals surface area contributed by atoms with Crippen LogP contribution in [0.1, 0.15) is 22.5 Å². The summed E-state index contributed by atoms with van der Waals surface area (Å²) in [6.45, 7) is 3.67. The van der Waals surface area contributed by atoms with Crippen LogP contribution in [-0.2, 0) is 9.47 Å². The number of carbonyl (C=O) groups excluding carboxylic acids is 1. The molecule has 0 saturated heterocycles. The summed E-state index contributed by atoms with van der Waals surface area (Å²) in [5.41, 5.74) is 6.63. The minimum atomic E-state index is -0.391. The molecule has 0 aliphatic carbocycles. The van der Waals surface area contributed by atoms with E-state index in [0.29, 0.717) is 42.4 Å². The molecule has 1 aromatic heterocycles. The Hall–Kier alpha value is -1.73. The lowest BCUT2D eigenvalue weighted by Crippen LogP contribution is -2.31. The van der Waals surface area contributed by atoms with E-state index in [4.69, 9.17) is 27.4 Å². The highest BCUT2D eigenvalue weighted by Gasteiger charge is 2.14. The van der Waals surface area contributed by atoms with E-state index in [1.165, 1.54) is 7.11 Å². The summed E-state index contributed by atoms with van der Waals surface area (Å²) in [6.07, 6.45) is 0.596. The molecule has 0 aliphatic rings. The minimum Gasteiger partial charge on any atom is -0.465 e. The summed E-state index contributed by atoms with van der Waals surface area (Å²) in [5, 5.41) is 0. The Balaban J connectivity index is 2.93. The predicted molar refractivity (Wildman–Crippen MR) is 85.8 cm³/mol. The first kappa shape index (κ1) is 17.3. The average Bonchev–Trinajstić information content (AvgIpc) is 2.46. The number of aryl methyl sites for hydroxylation is 1. The first-order chi connectivity index (χ1) is 9.99. The van der Waals surface area contributed by atoms with Gasteiger partial charge in [-0.3, -0.25) is 0 Å². The van der Waals surface area contributed by atoms with Crippen LogP contribution in [0.4, 0.5) is 5.82 Å². The number of pyridine rings is 1. The number of hydrogen-bond donors (Lipinski definition) is 1. The summed E-state index contributed by atoms with van der Waals surface area (Å²) >= 11 is 4.91. The van der Waals surface area contributed by atoms with Gasteiger partial charge < -0.3 is 20.1 Å². The number of hydrogen-bond acceptors (Lipinski definition) is 6. The summed E-state index contributed by atoms with van der Waals surface area (Å²) in [4.78, 5) is 18.5. The molecule has 21 heavy (non-hydrogen) atoms. The van der Waals surface area contributed by atoms with Crippen molar-refractivity contribution in [2.24, 2.45) is 5.73 Å². The second-order valence-corrected chi connectivity index (χ2v) is 5.01. The van der Waals surface area contributed by atoms with Gasteiger partial charge in [-0.05, 0) is 19.1 Å². The van der Waals surface area contributed by atoms with Crippen LogP contribution in [0.25, 0.3) is 0 Å². The number of nitrogens with zero attached hydrogens (tertiary/aromatic N) is 2.